The Labute approximate surface area is 97.1 Å². The summed E-state index contributed by atoms with van der Waals surface area (Å²) < 4.78 is 0. The van der Waals surface area contributed by atoms with Gasteiger partial charge in [0, 0.05) is 10.6 Å². The standard InChI is InChI=1S/C13H19ClO/c1-5-10(6-2)12-9(4)13(14)8(3)7-11(12)15/h7,10,15H,5-6H2,1-4H3. The molecule has 0 spiro atoms. The highest BCUT2D eigenvalue weighted by Gasteiger charge is 2.17. The van der Waals surface area contributed by atoms with Crippen molar-refractivity contribution in [2.45, 2.75) is 46.5 Å². The van der Waals surface area contributed by atoms with E-state index >= 15 is 0 Å². The van der Waals surface area contributed by atoms with E-state index in [2.05, 4.69) is 13.8 Å². The molecule has 84 valence electrons. The highest BCUT2D eigenvalue weighted by atomic mass is 35.5. The topological polar surface area (TPSA) is 20.2 Å². The molecule has 0 saturated carbocycles. The molecule has 1 aromatic carbocycles. The second kappa shape index (κ2) is 4.89. The Morgan fingerprint density at radius 1 is 1.27 bits per heavy atom. The maximum absolute atomic E-state index is 9.97. The Morgan fingerprint density at radius 2 is 1.80 bits per heavy atom. The van der Waals surface area contributed by atoms with Crippen molar-refractivity contribution in [1.82, 2.24) is 0 Å². The first-order chi connectivity index (χ1) is 7.02. The number of phenols is 1. The third kappa shape index (κ3) is 2.28. The largest absolute Gasteiger partial charge is 0.508 e. The summed E-state index contributed by atoms with van der Waals surface area (Å²) >= 11 is 6.20. The monoisotopic (exact) mass is 226 g/mol. The van der Waals surface area contributed by atoms with Crippen molar-refractivity contribution in [2.24, 2.45) is 0 Å². The summed E-state index contributed by atoms with van der Waals surface area (Å²) in [4.78, 5) is 0. The number of halogens is 1. The van der Waals surface area contributed by atoms with E-state index in [1.807, 2.05) is 13.8 Å². The summed E-state index contributed by atoms with van der Waals surface area (Å²) in [5.74, 6) is 0.797. The summed E-state index contributed by atoms with van der Waals surface area (Å²) in [5.41, 5.74) is 3.00. The molecule has 0 heterocycles. The van der Waals surface area contributed by atoms with Crippen molar-refractivity contribution >= 4 is 11.6 Å². The average Bonchev–Trinajstić information content (AvgIpc) is 2.21. The van der Waals surface area contributed by atoms with Gasteiger partial charge in [0.1, 0.15) is 5.75 Å². The molecule has 1 aromatic rings. The molecule has 2 heteroatoms. The number of hydrogen-bond acceptors (Lipinski definition) is 1. The van der Waals surface area contributed by atoms with Crippen LogP contribution in [0.15, 0.2) is 6.07 Å². The lowest BCUT2D eigenvalue weighted by Gasteiger charge is -2.19. The van der Waals surface area contributed by atoms with Gasteiger partial charge in [-0.3, -0.25) is 0 Å². The molecular weight excluding hydrogens is 208 g/mol. The molecule has 1 N–H and O–H groups in total. The maximum Gasteiger partial charge on any atom is 0.119 e. The Bertz CT molecular complexity index is 354. The molecule has 1 rings (SSSR count). The molecule has 0 bridgehead atoms. The van der Waals surface area contributed by atoms with Crippen LogP contribution in [0.4, 0.5) is 0 Å². The maximum atomic E-state index is 9.97. The molecule has 0 aromatic heterocycles. The van der Waals surface area contributed by atoms with Gasteiger partial charge in [-0.1, -0.05) is 25.4 Å². The quantitative estimate of drug-likeness (QED) is 0.801. The van der Waals surface area contributed by atoms with Gasteiger partial charge in [0.25, 0.3) is 0 Å². The Morgan fingerprint density at radius 3 is 2.27 bits per heavy atom. The van der Waals surface area contributed by atoms with Crippen molar-refractivity contribution in [3.05, 3.63) is 27.8 Å². The zero-order chi connectivity index (χ0) is 11.6. The second-order valence-corrected chi connectivity index (χ2v) is 4.46. The molecule has 0 fully saturated rings. The Kier molecular flexibility index (Phi) is 4.04. The number of aromatic hydroxyl groups is 1. The van der Waals surface area contributed by atoms with Gasteiger partial charge in [-0.25, -0.2) is 0 Å². The van der Waals surface area contributed by atoms with Crippen LogP contribution in [0.5, 0.6) is 5.75 Å². The van der Waals surface area contributed by atoms with E-state index in [9.17, 15) is 5.11 Å². The molecule has 1 nitrogen and oxygen atoms in total. The van der Waals surface area contributed by atoms with Gasteiger partial charge in [0.15, 0.2) is 0 Å². The van der Waals surface area contributed by atoms with Gasteiger partial charge in [-0.15, -0.1) is 0 Å². The first kappa shape index (κ1) is 12.4. The van der Waals surface area contributed by atoms with Crippen LogP contribution >= 0.6 is 11.6 Å². The minimum Gasteiger partial charge on any atom is -0.508 e. The van der Waals surface area contributed by atoms with Gasteiger partial charge in [-0.05, 0) is 49.8 Å². The summed E-state index contributed by atoms with van der Waals surface area (Å²) in [6.07, 6.45) is 2.06. The van der Waals surface area contributed by atoms with E-state index in [4.69, 9.17) is 11.6 Å². The summed E-state index contributed by atoms with van der Waals surface area (Å²) in [6, 6.07) is 1.77. The van der Waals surface area contributed by atoms with E-state index < -0.39 is 0 Å². The fourth-order valence-corrected chi connectivity index (χ4v) is 2.32. The number of rotatable bonds is 3. The van der Waals surface area contributed by atoms with Crippen LogP contribution in [0.25, 0.3) is 0 Å². The number of phenolic OH excluding ortho intramolecular Hbond substituents is 1. The molecule has 0 unspecified atom stereocenters. The fraction of sp³-hybridized carbons (Fsp3) is 0.538. The predicted molar refractivity (Wildman–Crippen MR) is 65.9 cm³/mol. The summed E-state index contributed by atoms with van der Waals surface area (Å²) in [7, 11) is 0. The highest BCUT2D eigenvalue weighted by molar-refractivity contribution is 6.32. The molecule has 15 heavy (non-hydrogen) atoms. The molecule has 0 saturated heterocycles. The number of aryl methyl sites for hydroxylation is 1. The first-order valence-electron chi connectivity index (χ1n) is 5.51. The van der Waals surface area contributed by atoms with Crippen LogP contribution in [0.1, 0.15) is 49.3 Å². The van der Waals surface area contributed by atoms with E-state index in [1.165, 1.54) is 0 Å². The molecule has 0 aliphatic rings. The van der Waals surface area contributed by atoms with Gasteiger partial charge in [0.2, 0.25) is 0 Å². The normalized spacial score (nSPS) is 11.1. The SMILES string of the molecule is CCC(CC)c1c(O)cc(C)c(Cl)c1C. The van der Waals surface area contributed by atoms with Gasteiger partial charge >= 0.3 is 0 Å². The van der Waals surface area contributed by atoms with Crippen molar-refractivity contribution in [3.63, 3.8) is 0 Å². The summed E-state index contributed by atoms with van der Waals surface area (Å²) in [6.45, 7) is 8.19. The zero-order valence-corrected chi connectivity index (χ0v) is 10.7. The molecule has 0 atom stereocenters. The fourth-order valence-electron chi connectivity index (χ4n) is 2.16. The Hall–Kier alpha value is -0.690. The molecule has 0 radical (unpaired) electrons. The van der Waals surface area contributed by atoms with Crippen LogP contribution in [-0.4, -0.2) is 5.11 Å². The van der Waals surface area contributed by atoms with Crippen LogP contribution in [0, 0.1) is 13.8 Å². The van der Waals surface area contributed by atoms with Gasteiger partial charge in [-0.2, -0.15) is 0 Å². The van der Waals surface area contributed by atoms with Crippen LogP contribution < -0.4 is 0 Å². The van der Waals surface area contributed by atoms with Crippen LogP contribution in [0.3, 0.4) is 0 Å². The average molecular weight is 227 g/mol. The molecule has 0 amide bonds. The van der Waals surface area contributed by atoms with Crippen molar-refractivity contribution in [1.29, 1.82) is 0 Å². The number of benzene rings is 1. The van der Waals surface area contributed by atoms with Gasteiger partial charge in [0.05, 0.1) is 0 Å². The van der Waals surface area contributed by atoms with Crippen molar-refractivity contribution < 1.29 is 5.11 Å². The second-order valence-electron chi connectivity index (χ2n) is 4.08. The minimum atomic E-state index is 0.392. The lowest BCUT2D eigenvalue weighted by Crippen LogP contribution is -2.00. The van der Waals surface area contributed by atoms with Gasteiger partial charge < -0.3 is 5.11 Å². The predicted octanol–water partition coefficient (Wildman–Crippen LogP) is 4.57. The lowest BCUT2D eigenvalue weighted by molar-refractivity contribution is 0.455. The zero-order valence-electron chi connectivity index (χ0n) is 9.89. The lowest BCUT2D eigenvalue weighted by atomic mass is 9.89. The Balaban J connectivity index is 3.34. The van der Waals surface area contributed by atoms with E-state index in [-0.39, 0.29) is 0 Å². The van der Waals surface area contributed by atoms with Crippen LogP contribution in [-0.2, 0) is 0 Å². The van der Waals surface area contributed by atoms with E-state index in [1.54, 1.807) is 6.07 Å². The third-order valence-electron chi connectivity index (χ3n) is 3.10. The highest BCUT2D eigenvalue weighted by Crippen LogP contribution is 2.38. The molecule has 0 aliphatic heterocycles. The smallest absolute Gasteiger partial charge is 0.119 e. The van der Waals surface area contributed by atoms with E-state index in [0.717, 1.165) is 34.6 Å². The first-order valence-corrected chi connectivity index (χ1v) is 5.89. The summed E-state index contributed by atoms with van der Waals surface area (Å²) in [5, 5.41) is 10.8. The third-order valence-corrected chi connectivity index (χ3v) is 3.68. The van der Waals surface area contributed by atoms with Crippen molar-refractivity contribution in [2.75, 3.05) is 0 Å². The van der Waals surface area contributed by atoms with Crippen LogP contribution in [0.2, 0.25) is 5.02 Å². The molecular formula is C13H19ClO. The van der Waals surface area contributed by atoms with E-state index in [0.29, 0.717) is 11.7 Å². The minimum absolute atomic E-state index is 0.392. The number of hydrogen-bond donors (Lipinski definition) is 1. The molecule has 0 aliphatic carbocycles. The van der Waals surface area contributed by atoms with Crippen molar-refractivity contribution in [3.8, 4) is 5.75 Å².